The summed E-state index contributed by atoms with van der Waals surface area (Å²) in [6, 6.07) is 0. The second-order valence-corrected chi connectivity index (χ2v) is 11.3. The topological polar surface area (TPSA) is 78.9 Å². The Hall–Kier alpha value is -1.12. The molecule has 220 valence electrons. The number of unbranched alkanes of at least 4 members (excludes halogenated alkanes) is 5. The van der Waals surface area contributed by atoms with E-state index in [2.05, 4.69) is 0 Å². The fourth-order valence-corrected chi connectivity index (χ4v) is 5.70. The number of Topliss-reactive ketones (excluding diaryl/α,β-unsaturated/α-hetero) is 2. The standard InChI is InChI=1S/C29H47ClF2O6/c1-3-5-16-29(31,32)28(35)23(30)19-22-21(13-9-7-8-10-14-26(34)36-17-6-4-2)24(33)20-25(22)38-27-15-11-12-18-37-27/h21-23,25,27H,3-20H2,1-2H3/t21-,22-,23?,25-,27?/m1/s1. The molecular weight excluding hydrogens is 518 g/mol. The van der Waals surface area contributed by atoms with Crippen molar-refractivity contribution in [1.82, 2.24) is 0 Å². The molecular formula is C29H47ClF2O6. The summed E-state index contributed by atoms with van der Waals surface area (Å²) in [5, 5.41) is -1.38. The number of halogens is 3. The molecule has 2 aliphatic rings. The van der Waals surface area contributed by atoms with Crippen molar-refractivity contribution in [1.29, 1.82) is 0 Å². The van der Waals surface area contributed by atoms with Gasteiger partial charge in [0.25, 0.3) is 0 Å². The molecule has 0 aromatic heterocycles. The van der Waals surface area contributed by atoms with Gasteiger partial charge in [0.15, 0.2) is 6.29 Å². The predicted octanol–water partition coefficient (Wildman–Crippen LogP) is 7.18. The fourth-order valence-electron chi connectivity index (χ4n) is 5.34. The lowest BCUT2D eigenvalue weighted by Gasteiger charge is -2.31. The number of hydrogen-bond acceptors (Lipinski definition) is 6. The molecule has 5 atom stereocenters. The summed E-state index contributed by atoms with van der Waals surface area (Å²) in [7, 11) is 0. The highest BCUT2D eigenvalue weighted by Gasteiger charge is 2.48. The molecule has 6 nitrogen and oxygen atoms in total. The lowest BCUT2D eigenvalue weighted by atomic mass is 9.84. The van der Waals surface area contributed by atoms with E-state index in [4.69, 9.17) is 25.8 Å². The van der Waals surface area contributed by atoms with Crippen LogP contribution in [0.25, 0.3) is 0 Å². The zero-order valence-corrected chi connectivity index (χ0v) is 24.0. The van der Waals surface area contributed by atoms with Gasteiger partial charge in [-0.25, -0.2) is 0 Å². The smallest absolute Gasteiger partial charge is 0.306 e. The van der Waals surface area contributed by atoms with Gasteiger partial charge in [0, 0.05) is 31.8 Å². The van der Waals surface area contributed by atoms with Crippen LogP contribution in [0.4, 0.5) is 8.78 Å². The van der Waals surface area contributed by atoms with E-state index in [0.717, 1.165) is 57.8 Å². The third-order valence-corrected chi connectivity index (χ3v) is 8.03. The Bertz CT molecular complexity index is 728. The van der Waals surface area contributed by atoms with E-state index in [9.17, 15) is 23.2 Å². The second-order valence-electron chi connectivity index (χ2n) is 10.8. The Morgan fingerprint density at radius 2 is 1.82 bits per heavy atom. The van der Waals surface area contributed by atoms with Gasteiger partial charge in [-0.1, -0.05) is 46.0 Å². The average molecular weight is 565 g/mol. The van der Waals surface area contributed by atoms with Crippen LogP contribution in [0.3, 0.4) is 0 Å². The first-order valence-corrected chi connectivity index (χ1v) is 15.1. The number of alkyl halides is 3. The Balaban J connectivity index is 1.93. The lowest BCUT2D eigenvalue weighted by molar-refractivity contribution is -0.196. The van der Waals surface area contributed by atoms with Crippen LogP contribution in [0.2, 0.25) is 0 Å². The van der Waals surface area contributed by atoms with Crippen molar-refractivity contribution >= 4 is 29.1 Å². The second kappa shape index (κ2) is 17.5. The molecule has 1 heterocycles. The van der Waals surface area contributed by atoms with Crippen LogP contribution in [0.5, 0.6) is 0 Å². The molecule has 0 aromatic carbocycles. The molecule has 9 heteroatoms. The molecule has 1 aliphatic carbocycles. The van der Waals surface area contributed by atoms with Crippen LogP contribution in [-0.4, -0.2) is 54.4 Å². The summed E-state index contributed by atoms with van der Waals surface area (Å²) < 4.78 is 45.9. The molecule has 0 radical (unpaired) electrons. The minimum absolute atomic E-state index is 0.0144. The molecule has 0 aromatic rings. The molecule has 1 saturated heterocycles. The van der Waals surface area contributed by atoms with E-state index in [1.54, 1.807) is 6.92 Å². The number of esters is 1. The number of rotatable bonds is 19. The maximum Gasteiger partial charge on any atom is 0.306 e. The van der Waals surface area contributed by atoms with E-state index in [0.29, 0.717) is 32.5 Å². The third-order valence-electron chi connectivity index (χ3n) is 7.65. The number of hydrogen-bond donors (Lipinski definition) is 0. The molecule has 1 aliphatic heterocycles. The van der Waals surface area contributed by atoms with Crippen molar-refractivity contribution in [3.63, 3.8) is 0 Å². The lowest BCUT2D eigenvalue weighted by Crippen LogP contribution is -2.39. The predicted molar refractivity (Wildman–Crippen MR) is 142 cm³/mol. The van der Waals surface area contributed by atoms with E-state index in [-0.39, 0.29) is 36.9 Å². The molecule has 2 unspecified atom stereocenters. The molecule has 2 rings (SSSR count). The van der Waals surface area contributed by atoms with Crippen molar-refractivity contribution in [2.45, 2.75) is 140 Å². The number of ether oxygens (including phenoxy) is 3. The van der Waals surface area contributed by atoms with Gasteiger partial charge in [-0.15, -0.1) is 11.6 Å². The van der Waals surface area contributed by atoms with E-state index >= 15 is 0 Å². The van der Waals surface area contributed by atoms with Crippen molar-refractivity contribution in [3.05, 3.63) is 0 Å². The van der Waals surface area contributed by atoms with Gasteiger partial charge in [0.1, 0.15) is 5.78 Å². The molecule has 1 saturated carbocycles. The first kappa shape index (κ1) is 33.1. The monoisotopic (exact) mass is 564 g/mol. The highest BCUT2D eigenvalue weighted by atomic mass is 35.5. The average Bonchev–Trinajstić information content (AvgIpc) is 3.18. The summed E-state index contributed by atoms with van der Waals surface area (Å²) in [4.78, 5) is 37.3. The number of carbonyl (C=O) groups excluding carboxylic acids is 3. The molecule has 0 amide bonds. The number of ketones is 2. The van der Waals surface area contributed by atoms with Gasteiger partial charge in [-0.2, -0.15) is 8.78 Å². The van der Waals surface area contributed by atoms with Gasteiger partial charge in [-0.05, 0) is 57.3 Å². The maximum atomic E-state index is 14.5. The van der Waals surface area contributed by atoms with Crippen LogP contribution in [0.15, 0.2) is 0 Å². The summed E-state index contributed by atoms with van der Waals surface area (Å²) in [6.07, 6.45) is 8.17. The third kappa shape index (κ3) is 11.2. The Morgan fingerprint density at radius 3 is 2.50 bits per heavy atom. The van der Waals surface area contributed by atoms with Crippen LogP contribution in [0, 0.1) is 11.8 Å². The molecule has 38 heavy (non-hydrogen) atoms. The largest absolute Gasteiger partial charge is 0.466 e. The minimum atomic E-state index is -3.47. The highest BCUT2D eigenvalue weighted by molar-refractivity contribution is 6.32. The minimum Gasteiger partial charge on any atom is -0.466 e. The van der Waals surface area contributed by atoms with Gasteiger partial charge in [-0.3, -0.25) is 14.4 Å². The molecule has 0 spiro atoms. The van der Waals surface area contributed by atoms with Crippen LogP contribution >= 0.6 is 11.6 Å². The Labute approximate surface area is 231 Å². The zero-order valence-electron chi connectivity index (χ0n) is 23.2. The van der Waals surface area contributed by atoms with E-state index < -0.39 is 41.8 Å². The first-order chi connectivity index (χ1) is 18.2. The van der Waals surface area contributed by atoms with Gasteiger partial charge < -0.3 is 14.2 Å². The summed E-state index contributed by atoms with van der Waals surface area (Å²) in [5.74, 6) is -5.67. The van der Waals surface area contributed by atoms with Crippen molar-refractivity contribution in [2.75, 3.05) is 13.2 Å². The fraction of sp³-hybridized carbons (Fsp3) is 0.897. The van der Waals surface area contributed by atoms with Gasteiger partial charge in [0.05, 0.1) is 18.1 Å². The molecule has 0 N–H and O–H groups in total. The Morgan fingerprint density at radius 1 is 1.08 bits per heavy atom. The SMILES string of the molecule is CCCCOC(=O)CCCCCC[C@H]1C(=O)C[C@@H](OC2CCCCO2)[C@@H]1CC(Cl)C(=O)C(F)(F)CCCC. The van der Waals surface area contributed by atoms with Crippen LogP contribution < -0.4 is 0 Å². The van der Waals surface area contributed by atoms with Crippen LogP contribution in [0.1, 0.15) is 117 Å². The van der Waals surface area contributed by atoms with Crippen molar-refractivity contribution in [3.8, 4) is 0 Å². The molecule has 2 fully saturated rings. The summed E-state index contributed by atoms with van der Waals surface area (Å²) >= 11 is 6.30. The van der Waals surface area contributed by atoms with Crippen molar-refractivity contribution in [2.24, 2.45) is 11.8 Å². The highest BCUT2D eigenvalue weighted by Crippen LogP contribution is 2.41. The Kier molecular flexibility index (Phi) is 15.3. The first-order valence-electron chi connectivity index (χ1n) is 14.7. The normalized spacial score (nSPS) is 24.9. The number of carbonyl (C=O) groups is 3. The van der Waals surface area contributed by atoms with Gasteiger partial charge in [0.2, 0.25) is 5.78 Å². The maximum absolute atomic E-state index is 14.5. The zero-order chi connectivity index (χ0) is 28.0. The summed E-state index contributed by atoms with van der Waals surface area (Å²) in [5.41, 5.74) is 0. The van der Waals surface area contributed by atoms with Crippen LogP contribution in [-0.2, 0) is 28.6 Å². The summed E-state index contributed by atoms with van der Waals surface area (Å²) in [6.45, 7) is 4.89. The molecule has 0 bridgehead atoms. The van der Waals surface area contributed by atoms with Crippen molar-refractivity contribution < 1.29 is 37.4 Å². The van der Waals surface area contributed by atoms with E-state index in [1.807, 2.05) is 6.92 Å². The van der Waals surface area contributed by atoms with Gasteiger partial charge >= 0.3 is 11.9 Å². The quantitative estimate of drug-likeness (QED) is 0.0939. The van der Waals surface area contributed by atoms with E-state index in [1.165, 1.54) is 0 Å².